The number of aromatic nitrogens is 2. The third-order valence-corrected chi connectivity index (χ3v) is 5.54. The Morgan fingerprint density at radius 2 is 2.29 bits per heavy atom. The van der Waals surface area contributed by atoms with Crippen molar-refractivity contribution in [2.75, 3.05) is 26.0 Å². The molecular formula is C20H25N5O2S. The Kier molecular flexibility index (Phi) is 6.41. The molecule has 1 amide bonds. The first-order valence-corrected chi connectivity index (χ1v) is 10.0. The van der Waals surface area contributed by atoms with Crippen LogP contribution in [0.2, 0.25) is 0 Å². The van der Waals surface area contributed by atoms with Crippen molar-refractivity contribution in [1.82, 2.24) is 14.9 Å². The number of methoxy groups -OCH3 is 1. The first-order valence-electron chi connectivity index (χ1n) is 9.27. The first-order chi connectivity index (χ1) is 13.6. The van der Waals surface area contributed by atoms with Crippen LogP contribution in [0, 0.1) is 5.92 Å². The summed E-state index contributed by atoms with van der Waals surface area (Å²) in [6.07, 6.45) is 4.44. The number of allylic oxidation sites excluding steroid dienone is 1. The molecule has 0 fully saturated rings. The van der Waals surface area contributed by atoms with Crippen molar-refractivity contribution < 1.29 is 9.53 Å². The van der Waals surface area contributed by atoms with Crippen LogP contribution in [-0.2, 0) is 4.79 Å². The molecule has 0 spiro atoms. The van der Waals surface area contributed by atoms with Crippen molar-refractivity contribution in [3.8, 4) is 5.75 Å². The summed E-state index contributed by atoms with van der Waals surface area (Å²) in [5, 5.41) is 10.3. The van der Waals surface area contributed by atoms with Crippen molar-refractivity contribution in [1.29, 1.82) is 0 Å². The molecule has 8 heteroatoms. The van der Waals surface area contributed by atoms with Crippen LogP contribution in [0.3, 0.4) is 0 Å². The number of aliphatic imine (C=N–C) groups is 1. The fourth-order valence-corrected chi connectivity index (χ4v) is 3.87. The van der Waals surface area contributed by atoms with Crippen LogP contribution in [-0.4, -0.2) is 42.0 Å². The fourth-order valence-electron chi connectivity index (χ4n) is 3.29. The molecule has 0 unspecified atom stereocenters. The van der Waals surface area contributed by atoms with Gasteiger partial charge in [0.1, 0.15) is 17.1 Å². The number of benzene rings is 1. The maximum atomic E-state index is 12.0. The normalized spacial score (nSPS) is 17.2. The van der Waals surface area contributed by atoms with E-state index in [0.717, 1.165) is 46.3 Å². The number of ether oxygens (including phenoxy) is 1. The third kappa shape index (κ3) is 4.22. The van der Waals surface area contributed by atoms with Gasteiger partial charge >= 0.3 is 0 Å². The second-order valence-corrected chi connectivity index (χ2v) is 7.35. The zero-order chi connectivity index (χ0) is 20.1. The highest BCUT2D eigenvalue weighted by Crippen LogP contribution is 2.33. The fraction of sp³-hybridized carbons (Fsp3) is 0.400. The van der Waals surface area contributed by atoms with E-state index >= 15 is 0 Å². The molecule has 1 aliphatic carbocycles. The Morgan fingerprint density at radius 3 is 2.93 bits per heavy atom. The molecule has 1 atom stereocenters. The highest BCUT2D eigenvalue weighted by molar-refractivity contribution is 7.13. The number of carbonyl (C=O) groups is 1. The van der Waals surface area contributed by atoms with E-state index in [1.54, 1.807) is 14.2 Å². The maximum absolute atomic E-state index is 12.0. The lowest BCUT2D eigenvalue weighted by Gasteiger charge is -2.23. The molecule has 0 saturated heterocycles. The molecular weight excluding hydrogens is 374 g/mol. The van der Waals surface area contributed by atoms with E-state index in [4.69, 9.17) is 4.74 Å². The lowest BCUT2D eigenvalue weighted by atomic mass is 9.86. The van der Waals surface area contributed by atoms with E-state index < -0.39 is 0 Å². The molecule has 2 N–H and O–H groups in total. The summed E-state index contributed by atoms with van der Waals surface area (Å²) in [6.45, 7) is 6.84. The number of nitrogens with zero attached hydrogens (tertiary/aromatic N) is 3. The van der Waals surface area contributed by atoms with Crippen LogP contribution >= 0.6 is 11.5 Å². The predicted octanol–water partition coefficient (Wildman–Crippen LogP) is 3.56. The number of nitrogens with one attached hydrogen (secondary N) is 2. The molecule has 1 aromatic carbocycles. The van der Waals surface area contributed by atoms with Crippen molar-refractivity contribution in [3.05, 3.63) is 35.9 Å². The summed E-state index contributed by atoms with van der Waals surface area (Å²) in [5.41, 5.74) is 3.54. The van der Waals surface area contributed by atoms with Gasteiger partial charge in [0.25, 0.3) is 0 Å². The molecule has 7 nitrogen and oxygen atoms in total. The zero-order valence-electron chi connectivity index (χ0n) is 16.4. The largest absolute Gasteiger partial charge is 0.494 e. The number of amidine groups is 1. The summed E-state index contributed by atoms with van der Waals surface area (Å²) >= 11 is 1.33. The Labute approximate surface area is 168 Å². The molecule has 0 aliphatic heterocycles. The molecule has 1 aromatic heterocycles. The Morgan fingerprint density at radius 1 is 1.46 bits per heavy atom. The minimum absolute atomic E-state index is 0.0350. The molecule has 0 bridgehead atoms. The highest BCUT2D eigenvalue weighted by atomic mass is 32.1. The van der Waals surface area contributed by atoms with Crippen molar-refractivity contribution in [2.24, 2.45) is 10.9 Å². The number of hydrogen-bond donors (Lipinski definition) is 2. The average molecular weight is 400 g/mol. The molecule has 2 aromatic rings. The Balaban J connectivity index is 1.75. The van der Waals surface area contributed by atoms with E-state index in [1.807, 2.05) is 19.1 Å². The van der Waals surface area contributed by atoms with E-state index in [0.29, 0.717) is 18.1 Å². The Hall–Kier alpha value is -2.74. The molecule has 0 radical (unpaired) electrons. The summed E-state index contributed by atoms with van der Waals surface area (Å²) in [4.78, 5) is 16.4. The minimum atomic E-state index is 0.0350. The van der Waals surface area contributed by atoms with Crippen LogP contribution < -0.4 is 15.4 Å². The third-order valence-electron chi connectivity index (χ3n) is 4.85. The number of rotatable bonds is 6. The SMILES string of the molecule is C=C(C1=CC[C@@H](C(=O)NCC)CC1)C(=NC)Nc1cc2snnc2cc1OC. The Bertz CT molecular complexity index is 947. The minimum Gasteiger partial charge on any atom is -0.494 e. The number of amides is 1. The summed E-state index contributed by atoms with van der Waals surface area (Å²) in [6, 6.07) is 3.81. The smallest absolute Gasteiger partial charge is 0.223 e. The molecule has 1 heterocycles. The van der Waals surface area contributed by atoms with E-state index in [2.05, 4.69) is 37.9 Å². The van der Waals surface area contributed by atoms with E-state index in [1.165, 1.54) is 11.5 Å². The molecule has 1 aliphatic rings. The molecule has 28 heavy (non-hydrogen) atoms. The van der Waals surface area contributed by atoms with Crippen LogP contribution in [0.1, 0.15) is 26.2 Å². The number of fused-ring (bicyclic) bond motifs is 1. The van der Waals surface area contributed by atoms with Gasteiger partial charge in [-0.2, -0.15) is 0 Å². The van der Waals surface area contributed by atoms with Gasteiger partial charge in [-0.1, -0.05) is 17.1 Å². The monoisotopic (exact) mass is 399 g/mol. The van der Waals surface area contributed by atoms with Gasteiger partial charge in [-0.25, -0.2) is 0 Å². The number of anilines is 1. The number of carbonyl (C=O) groups excluding carboxylic acids is 1. The van der Waals surface area contributed by atoms with Crippen molar-refractivity contribution in [3.63, 3.8) is 0 Å². The van der Waals surface area contributed by atoms with Gasteiger partial charge in [0, 0.05) is 31.1 Å². The maximum Gasteiger partial charge on any atom is 0.223 e. The number of hydrogen-bond acceptors (Lipinski definition) is 6. The van der Waals surface area contributed by atoms with Gasteiger partial charge in [0.2, 0.25) is 5.91 Å². The van der Waals surface area contributed by atoms with E-state index in [9.17, 15) is 4.79 Å². The second-order valence-electron chi connectivity index (χ2n) is 6.56. The van der Waals surface area contributed by atoms with Gasteiger partial charge in [-0.15, -0.1) is 5.10 Å². The zero-order valence-corrected chi connectivity index (χ0v) is 17.2. The van der Waals surface area contributed by atoms with Gasteiger partial charge in [-0.3, -0.25) is 9.79 Å². The first kappa shape index (κ1) is 20.0. The van der Waals surface area contributed by atoms with Gasteiger partial charge < -0.3 is 15.4 Å². The standard InChI is InChI=1S/C20H25N5O2S/c1-5-22-20(26)14-8-6-13(7-9-14)12(2)19(21-3)23-15-11-18-16(24-25-28-18)10-17(15)27-4/h6,10-11,14H,2,5,7-9H2,1,3-4H3,(H,21,23)(H,22,26)/t14-/m1/s1. The van der Waals surface area contributed by atoms with Crippen LogP contribution in [0.4, 0.5) is 5.69 Å². The summed E-state index contributed by atoms with van der Waals surface area (Å²) < 4.78 is 10.4. The predicted molar refractivity (Wildman–Crippen MR) is 114 cm³/mol. The second kappa shape index (κ2) is 8.97. The van der Waals surface area contributed by atoms with Crippen molar-refractivity contribution in [2.45, 2.75) is 26.2 Å². The van der Waals surface area contributed by atoms with Gasteiger partial charge in [-0.05, 0) is 49.4 Å². The molecule has 0 saturated carbocycles. The van der Waals surface area contributed by atoms with Gasteiger partial charge in [0.15, 0.2) is 0 Å². The topological polar surface area (TPSA) is 88.5 Å². The highest BCUT2D eigenvalue weighted by Gasteiger charge is 2.23. The van der Waals surface area contributed by atoms with E-state index in [-0.39, 0.29) is 11.8 Å². The summed E-state index contributed by atoms with van der Waals surface area (Å²) in [7, 11) is 3.35. The van der Waals surface area contributed by atoms with Crippen LogP contribution in [0.5, 0.6) is 5.75 Å². The quantitative estimate of drug-likeness (QED) is 0.573. The molecule has 148 valence electrons. The lowest BCUT2D eigenvalue weighted by Crippen LogP contribution is -2.31. The van der Waals surface area contributed by atoms with Crippen LogP contribution in [0.15, 0.2) is 40.9 Å². The summed E-state index contributed by atoms with van der Waals surface area (Å²) in [5.74, 6) is 1.51. The van der Waals surface area contributed by atoms with Crippen LogP contribution in [0.25, 0.3) is 10.2 Å². The average Bonchev–Trinajstić information content (AvgIpc) is 3.18. The molecule has 3 rings (SSSR count). The lowest BCUT2D eigenvalue weighted by molar-refractivity contribution is -0.125. The van der Waals surface area contributed by atoms with Gasteiger partial charge in [0.05, 0.1) is 17.5 Å². The van der Waals surface area contributed by atoms with Crippen molar-refractivity contribution >= 4 is 39.2 Å².